The van der Waals surface area contributed by atoms with E-state index in [9.17, 15) is 17.2 Å². The second-order valence-electron chi connectivity index (χ2n) is 6.57. The number of aryl methyl sites for hydroxylation is 1. The van der Waals surface area contributed by atoms with Crippen LogP contribution in [0.15, 0.2) is 51.9 Å². The van der Waals surface area contributed by atoms with E-state index in [0.29, 0.717) is 11.9 Å². The Kier molecular flexibility index (Phi) is 5.15. The predicted molar refractivity (Wildman–Crippen MR) is 98.3 cm³/mol. The number of sulfonamides is 1. The molecule has 1 aromatic heterocycles. The van der Waals surface area contributed by atoms with Gasteiger partial charge in [0.2, 0.25) is 15.8 Å². The van der Waals surface area contributed by atoms with E-state index in [2.05, 4.69) is 10.1 Å². The van der Waals surface area contributed by atoms with Crippen molar-refractivity contribution in [2.45, 2.75) is 17.9 Å². The van der Waals surface area contributed by atoms with E-state index in [-0.39, 0.29) is 30.5 Å². The van der Waals surface area contributed by atoms with Gasteiger partial charge in [0.15, 0.2) is 17.7 Å². The third-order valence-electron chi connectivity index (χ3n) is 4.66. The third kappa shape index (κ3) is 3.78. The average molecular weight is 421 g/mol. The topological polar surface area (TPSA) is 85.5 Å². The van der Waals surface area contributed by atoms with Crippen LogP contribution in [0.1, 0.15) is 17.6 Å². The molecular formula is C19H17F2N3O4S. The van der Waals surface area contributed by atoms with E-state index in [4.69, 9.17) is 9.26 Å². The third-order valence-corrected chi connectivity index (χ3v) is 6.52. The van der Waals surface area contributed by atoms with Crippen LogP contribution in [0.4, 0.5) is 8.78 Å². The highest BCUT2D eigenvalue weighted by atomic mass is 32.2. The fourth-order valence-corrected chi connectivity index (χ4v) is 4.52. The molecule has 2 aromatic carbocycles. The van der Waals surface area contributed by atoms with E-state index in [1.165, 1.54) is 0 Å². The summed E-state index contributed by atoms with van der Waals surface area (Å²) in [6.45, 7) is 1.99. The van der Waals surface area contributed by atoms with Crippen LogP contribution in [0.25, 0.3) is 11.4 Å². The van der Waals surface area contributed by atoms with Crippen LogP contribution >= 0.6 is 0 Å². The lowest BCUT2D eigenvalue weighted by atomic mass is 10.1. The Morgan fingerprint density at radius 3 is 2.69 bits per heavy atom. The molecule has 152 valence electrons. The first-order valence-corrected chi connectivity index (χ1v) is 10.3. The maximum Gasteiger partial charge on any atom is 0.257 e. The Morgan fingerprint density at radius 1 is 1.14 bits per heavy atom. The molecular weight excluding hydrogens is 404 g/mol. The number of nitrogens with zero attached hydrogens (tertiary/aromatic N) is 3. The first-order chi connectivity index (χ1) is 13.9. The Morgan fingerprint density at radius 2 is 1.93 bits per heavy atom. The quantitative estimate of drug-likeness (QED) is 0.644. The maximum atomic E-state index is 13.5. The molecule has 4 rings (SSSR count). The normalized spacial score (nSPS) is 18.1. The van der Waals surface area contributed by atoms with Gasteiger partial charge in [0.1, 0.15) is 0 Å². The van der Waals surface area contributed by atoms with Crippen molar-refractivity contribution >= 4 is 10.0 Å². The van der Waals surface area contributed by atoms with Gasteiger partial charge in [0, 0.05) is 18.7 Å². The van der Waals surface area contributed by atoms with Crippen LogP contribution in [-0.4, -0.2) is 42.6 Å². The van der Waals surface area contributed by atoms with Gasteiger partial charge in [-0.25, -0.2) is 17.2 Å². The molecule has 0 bridgehead atoms. The highest BCUT2D eigenvalue weighted by Crippen LogP contribution is 2.28. The summed E-state index contributed by atoms with van der Waals surface area (Å²) in [6, 6.07) is 9.99. The van der Waals surface area contributed by atoms with Gasteiger partial charge in [-0.1, -0.05) is 29.4 Å². The zero-order valence-electron chi connectivity index (χ0n) is 15.4. The summed E-state index contributed by atoms with van der Waals surface area (Å²) in [5.41, 5.74) is 1.76. The molecule has 1 fully saturated rings. The molecule has 1 saturated heterocycles. The van der Waals surface area contributed by atoms with Crippen molar-refractivity contribution in [3.05, 3.63) is 65.6 Å². The van der Waals surface area contributed by atoms with E-state index in [1.54, 1.807) is 0 Å². The van der Waals surface area contributed by atoms with Crippen molar-refractivity contribution in [1.29, 1.82) is 0 Å². The second-order valence-corrected chi connectivity index (χ2v) is 8.51. The molecule has 0 amide bonds. The summed E-state index contributed by atoms with van der Waals surface area (Å²) in [5, 5.41) is 3.96. The highest BCUT2D eigenvalue weighted by Gasteiger charge is 2.34. The number of rotatable bonds is 4. The average Bonchev–Trinajstić information content (AvgIpc) is 3.20. The van der Waals surface area contributed by atoms with Gasteiger partial charge in [-0.3, -0.25) is 0 Å². The van der Waals surface area contributed by atoms with Gasteiger partial charge in [-0.2, -0.15) is 9.29 Å². The first-order valence-electron chi connectivity index (χ1n) is 8.82. The van der Waals surface area contributed by atoms with Gasteiger partial charge in [-0.05, 0) is 30.7 Å². The highest BCUT2D eigenvalue weighted by molar-refractivity contribution is 7.89. The number of aromatic nitrogens is 2. The standard InChI is InChI=1S/C19H17F2N3O4S/c1-12-4-2-3-5-14(12)18-22-19(28-23-18)17-11-24(8-9-27-17)29(25,26)13-6-7-15(20)16(21)10-13/h2-7,10,17H,8-9,11H2,1H3. The van der Waals surface area contributed by atoms with Crippen LogP contribution in [0.2, 0.25) is 0 Å². The number of halogens is 2. The van der Waals surface area contributed by atoms with Crippen LogP contribution < -0.4 is 0 Å². The zero-order valence-corrected chi connectivity index (χ0v) is 16.2. The van der Waals surface area contributed by atoms with Gasteiger partial charge >= 0.3 is 0 Å². The summed E-state index contributed by atoms with van der Waals surface area (Å²) in [5.74, 6) is -1.82. The molecule has 29 heavy (non-hydrogen) atoms. The van der Waals surface area contributed by atoms with E-state index >= 15 is 0 Å². The molecule has 1 unspecified atom stereocenters. The van der Waals surface area contributed by atoms with Crippen molar-refractivity contribution < 1.29 is 26.5 Å². The number of ether oxygens (including phenoxy) is 1. The largest absolute Gasteiger partial charge is 0.366 e. The second kappa shape index (κ2) is 7.62. The molecule has 1 aliphatic rings. The lowest BCUT2D eigenvalue weighted by molar-refractivity contribution is -0.0199. The van der Waals surface area contributed by atoms with Crippen molar-refractivity contribution in [3.8, 4) is 11.4 Å². The van der Waals surface area contributed by atoms with Crippen molar-refractivity contribution in [3.63, 3.8) is 0 Å². The van der Waals surface area contributed by atoms with Gasteiger partial charge in [0.05, 0.1) is 11.5 Å². The van der Waals surface area contributed by atoms with Crippen LogP contribution in [0.3, 0.4) is 0 Å². The Bertz CT molecular complexity index is 1150. The maximum absolute atomic E-state index is 13.5. The minimum absolute atomic E-state index is 0.0661. The lowest BCUT2D eigenvalue weighted by Gasteiger charge is -2.30. The molecule has 7 nitrogen and oxygen atoms in total. The summed E-state index contributed by atoms with van der Waals surface area (Å²) in [7, 11) is -4.04. The molecule has 3 aromatic rings. The summed E-state index contributed by atoms with van der Waals surface area (Å²) in [6.07, 6.45) is -0.769. The molecule has 1 atom stereocenters. The fourth-order valence-electron chi connectivity index (χ4n) is 3.08. The number of hydrogen-bond acceptors (Lipinski definition) is 6. The Hall–Kier alpha value is -2.69. The van der Waals surface area contributed by atoms with Crippen molar-refractivity contribution in [2.75, 3.05) is 19.7 Å². The fraction of sp³-hybridized carbons (Fsp3) is 0.263. The molecule has 0 aliphatic carbocycles. The van der Waals surface area contributed by atoms with Crippen LogP contribution in [0.5, 0.6) is 0 Å². The van der Waals surface area contributed by atoms with E-state index in [1.807, 2.05) is 31.2 Å². The first kappa shape index (κ1) is 19.6. The van der Waals surface area contributed by atoms with E-state index in [0.717, 1.165) is 27.6 Å². The molecule has 0 saturated carbocycles. The number of hydrogen-bond donors (Lipinski definition) is 0. The molecule has 2 heterocycles. The summed E-state index contributed by atoms with van der Waals surface area (Å²) in [4.78, 5) is 4.02. The van der Waals surface area contributed by atoms with Crippen molar-refractivity contribution in [1.82, 2.24) is 14.4 Å². The Balaban J connectivity index is 1.57. The van der Waals surface area contributed by atoms with Gasteiger partial charge in [-0.15, -0.1) is 0 Å². The predicted octanol–water partition coefficient (Wildman–Crippen LogP) is 3.09. The Labute approximate surface area is 166 Å². The lowest BCUT2D eigenvalue weighted by Crippen LogP contribution is -2.42. The zero-order chi connectivity index (χ0) is 20.6. The number of benzene rings is 2. The van der Waals surface area contributed by atoms with E-state index < -0.39 is 27.8 Å². The molecule has 0 N–H and O–H groups in total. The molecule has 0 spiro atoms. The molecule has 10 heteroatoms. The van der Waals surface area contributed by atoms with Gasteiger partial charge in [0.25, 0.3) is 5.89 Å². The summed E-state index contributed by atoms with van der Waals surface area (Å²) >= 11 is 0. The van der Waals surface area contributed by atoms with Gasteiger partial charge < -0.3 is 9.26 Å². The monoisotopic (exact) mass is 421 g/mol. The van der Waals surface area contributed by atoms with Crippen molar-refractivity contribution in [2.24, 2.45) is 0 Å². The summed E-state index contributed by atoms with van der Waals surface area (Å²) < 4.78 is 64.3. The molecule has 1 aliphatic heterocycles. The minimum Gasteiger partial charge on any atom is -0.366 e. The van der Waals surface area contributed by atoms with Crippen LogP contribution in [0, 0.1) is 18.6 Å². The van der Waals surface area contributed by atoms with Crippen LogP contribution in [-0.2, 0) is 14.8 Å². The molecule has 0 radical (unpaired) electrons. The minimum atomic E-state index is -4.04. The number of morpholine rings is 1. The smallest absolute Gasteiger partial charge is 0.257 e. The SMILES string of the molecule is Cc1ccccc1-c1noc(C2CN(S(=O)(=O)c3ccc(F)c(F)c3)CCO2)n1.